The smallest absolute Gasteiger partial charge is 0.242 e. The summed E-state index contributed by atoms with van der Waals surface area (Å²) < 4.78 is 10.9. The Hall–Kier alpha value is -2.34. The van der Waals surface area contributed by atoms with Crippen molar-refractivity contribution in [1.29, 1.82) is 0 Å². The SMILES string of the molecule is COc1ccc(OC)c([C@H]2CC(=O)N(N(C)C)C3=C2C(=O)CC(C)(C)C3)c1. The van der Waals surface area contributed by atoms with Gasteiger partial charge in [-0.1, -0.05) is 13.8 Å². The third-order valence-corrected chi connectivity index (χ3v) is 5.33. The molecule has 3 rings (SSSR count). The van der Waals surface area contributed by atoms with Crippen LogP contribution in [-0.4, -0.2) is 50.0 Å². The van der Waals surface area contributed by atoms with Gasteiger partial charge in [0.1, 0.15) is 11.5 Å². The van der Waals surface area contributed by atoms with Gasteiger partial charge < -0.3 is 9.47 Å². The number of nitrogens with zero attached hydrogens (tertiary/aromatic N) is 2. The average molecular weight is 372 g/mol. The Balaban J connectivity index is 2.21. The van der Waals surface area contributed by atoms with Gasteiger partial charge in [-0.05, 0) is 30.0 Å². The topological polar surface area (TPSA) is 59.1 Å². The number of methoxy groups -OCH3 is 2. The highest BCUT2D eigenvalue weighted by Crippen LogP contribution is 2.49. The second-order valence-corrected chi connectivity index (χ2v) is 8.22. The van der Waals surface area contributed by atoms with Crippen LogP contribution in [-0.2, 0) is 9.59 Å². The molecule has 1 heterocycles. The Morgan fingerprint density at radius 3 is 2.41 bits per heavy atom. The lowest BCUT2D eigenvalue weighted by Crippen LogP contribution is -2.49. The number of hydrogen-bond donors (Lipinski definition) is 0. The molecule has 0 spiro atoms. The van der Waals surface area contributed by atoms with Crippen molar-refractivity contribution in [1.82, 2.24) is 10.0 Å². The lowest BCUT2D eigenvalue weighted by molar-refractivity contribution is -0.143. The number of hydrazine groups is 1. The maximum atomic E-state index is 13.2. The number of Topliss-reactive ketones (excluding diaryl/α,β-unsaturated/α-hetero) is 1. The standard InChI is InChI=1S/C21H28N2O4/c1-21(2)11-16-20(17(24)12-21)15(10-19(25)23(16)22(3)4)14-9-13(26-5)7-8-18(14)27-6/h7-9,15H,10-12H2,1-6H3/t15-/m1/s1. The third-order valence-electron chi connectivity index (χ3n) is 5.33. The van der Waals surface area contributed by atoms with Gasteiger partial charge in [-0.15, -0.1) is 0 Å². The largest absolute Gasteiger partial charge is 0.497 e. The van der Waals surface area contributed by atoms with Crippen LogP contribution in [0, 0.1) is 5.41 Å². The molecule has 1 aromatic carbocycles. The van der Waals surface area contributed by atoms with Crippen LogP contribution < -0.4 is 9.47 Å². The molecule has 0 saturated carbocycles. The predicted molar refractivity (Wildman–Crippen MR) is 102 cm³/mol. The van der Waals surface area contributed by atoms with Gasteiger partial charge in [-0.25, -0.2) is 10.0 Å². The van der Waals surface area contributed by atoms with E-state index >= 15 is 0 Å². The molecule has 27 heavy (non-hydrogen) atoms. The quantitative estimate of drug-likeness (QED) is 0.813. The predicted octanol–water partition coefficient (Wildman–Crippen LogP) is 3.14. The highest BCUT2D eigenvalue weighted by molar-refractivity contribution is 6.02. The van der Waals surface area contributed by atoms with Crippen molar-refractivity contribution in [3.8, 4) is 11.5 Å². The Morgan fingerprint density at radius 2 is 1.81 bits per heavy atom. The van der Waals surface area contributed by atoms with Crippen LogP contribution in [0.3, 0.4) is 0 Å². The highest BCUT2D eigenvalue weighted by Gasteiger charge is 2.45. The van der Waals surface area contributed by atoms with E-state index in [4.69, 9.17) is 9.47 Å². The van der Waals surface area contributed by atoms with Crippen LogP contribution in [0.5, 0.6) is 11.5 Å². The molecule has 1 amide bonds. The summed E-state index contributed by atoms with van der Waals surface area (Å²) >= 11 is 0. The Labute approximate surface area is 160 Å². The van der Waals surface area contributed by atoms with Gasteiger partial charge in [0, 0.05) is 49.7 Å². The van der Waals surface area contributed by atoms with Gasteiger partial charge in [-0.3, -0.25) is 9.59 Å². The molecule has 1 atom stereocenters. The summed E-state index contributed by atoms with van der Waals surface area (Å²) in [7, 11) is 6.87. The molecule has 0 saturated heterocycles. The number of allylic oxidation sites excluding steroid dienone is 2. The molecule has 2 aliphatic rings. The molecule has 6 nitrogen and oxygen atoms in total. The molecule has 0 aromatic heterocycles. The summed E-state index contributed by atoms with van der Waals surface area (Å²) in [6.45, 7) is 4.14. The van der Waals surface area contributed by atoms with Crippen LogP contribution in [0.4, 0.5) is 0 Å². The first-order valence-corrected chi connectivity index (χ1v) is 9.17. The van der Waals surface area contributed by atoms with Crippen molar-refractivity contribution in [3.63, 3.8) is 0 Å². The van der Waals surface area contributed by atoms with Gasteiger partial charge in [0.25, 0.3) is 0 Å². The van der Waals surface area contributed by atoms with Gasteiger partial charge >= 0.3 is 0 Å². The molecule has 0 radical (unpaired) electrons. The van der Waals surface area contributed by atoms with Crippen molar-refractivity contribution < 1.29 is 19.1 Å². The monoisotopic (exact) mass is 372 g/mol. The molecular weight excluding hydrogens is 344 g/mol. The van der Waals surface area contributed by atoms with Crippen molar-refractivity contribution in [3.05, 3.63) is 35.0 Å². The van der Waals surface area contributed by atoms with Crippen LogP contribution in [0.1, 0.15) is 44.6 Å². The second kappa shape index (κ2) is 7.00. The third kappa shape index (κ3) is 3.46. The Kier molecular flexibility index (Phi) is 5.04. The maximum Gasteiger partial charge on any atom is 0.242 e. The number of ether oxygens (including phenoxy) is 2. The summed E-state index contributed by atoms with van der Waals surface area (Å²) in [5.74, 6) is 1.11. The van der Waals surface area contributed by atoms with E-state index in [0.717, 1.165) is 16.8 Å². The van der Waals surface area contributed by atoms with Crippen LogP contribution in [0.2, 0.25) is 0 Å². The number of carbonyl (C=O) groups excluding carboxylic acids is 2. The van der Waals surface area contributed by atoms with Gasteiger partial charge in [0.15, 0.2) is 5.78 Å². The van der Waals surface area contributed by atoms with E-state index in [1.54, 1.807) is 24.2 Å². The van der Waals surface area contributed by atoms with Gasteiger partial charge in [0.2, 0.25) is 5.91 Å². The molecular formula is C21H28N2O4. The molecule has 1 aromatic rings. The van der Waals surface area contributed by atoms with Gasteiger partial charge in [0.05, 0.1) is 14.2 Å². The molecule has 0 bridgehead atoms. The molecule has 0 unspecified atom stereocenters. The first-order chi connectivity index (χ1) is 12.7. The van der Waals surface area contributed by atoms with E-state index in [9.17, 15) is 9.59 Å². The minimum absolute atomic E-state index is 0.0147. The molecule has 0 N–H and O–H groups in total. The zero-order chi connectivity index (χ0) is 19.9. The fourth-order valence-electron chi connectivity index (χ4n) is 4.24. The Morgan fingerprint density at radius 1 is 1.11 bits per heavy atom. The molecule has 1 aliphatic carbocycles. The van der Waals surface area contributed by atoms with Crippen LogP contribution >= 0.6 is 0 Å². The van der Waals surface area contributed by atoms with E-state index in [-0.39, 0.29) is 29.4 Å². The lowest BCUT2D eigenvalue weighted by Gasteiger charge is -2.44. The zero-order valence-electron chi connectivity index (χ0n) is 17.0. The van der Waals surface area contributed by atoms with Gasteiger partial charge in [-0.2, -0.15) is 0 Å². The maximum absolute atomic E-state index is 13.2. The summed E-state index contributed by atoms with van der Waals surface area (Å²) in [5.41, 5.74) is 2.19. The van der Waals surface area contributed by atoms with E-state index in [1.165, 1.54) is 0 Å². The summed E-state index contributed by atoms with van der Waals surface area (Å²) in [6, 6.07) is 5.52. The van der Waals surface area contributed by atoms with Crippen molar-refractivity contribution in [2.24, 2.45) is 5.41 Å². The number of ketones is 1. The average Bonchev–Trinajstić information content (AvgIpc) is 2.58. The molecule has 0 fully saturated rings. The number of hydrogen-bond acceptors (Lipinski definition) is 5. The van der Waals surface area contributed by atoms with E-state index in [2.05, 4.69) is 13.8 Å². The first-order valence-electron chi connectivity index (χ1n) is 9.17. The normalized spacial score (nSPS) is 22.2. The van der Waals surface area contributed by atoms with Crippen LogP contribution in [0.25, 0.3) is 0 Å². The van der Waals surface area contributed by atoms with E-state index in [0.29, 0.717) is 24.3 Å². The molecule has 146 valence electrons. The van der Waals surface area contributed by atoms with Crippen molar-refractivity contribution >= 4 is 11.7 Å². The minimum Gasteiger partial charge on any atom is -0.497 e. The van der Waals surface area contributed by atoms with E-state index < -0.39 is 0 Å². The second-order valence-electron chi connectivity index (χ2n) is 8.22. The van der Waals surface area contributed by atoms with Crippen molar-refractivity contribution in [2.75, 3.05) is 28.3 Å². The fourth-order valence-corrected chi connectivity index (χ4v) is 4.24. The summed E-state index contributed by atoms with van der Waals surface area (Å²) in [5, 5.41) is 3.43. The van der Waals surface area contributed by atoms with E-state index in [1.807, 2.05) is 32.3 Å². The number of carbonyl (C=O) groups is 2. The number of benzene rings is 1. The molecule has 6 heteroatoms. The summed E-state index contributed by atoms with van der Waals surface area (Å²) in [4.78, 5) is 26.2. The highest BCUT2D eigenvalue weighted by atomic mass is 16.5. The Bertz CT molecular complexity index is 810. The molecule has 1 aliphatic heterocycles. The minimum atomic E-state index is -0.322. The summed E-state index contributed by atoms with van der Waals surface area (Å²) in [6.07, 6.45) is 1.39. The fraction of sp³-hybridized carbons (Fsp3) is 0.524. The lowest BCUT2D eigenvalue weighted by atomic mass is 9.69. The zero-order valence-corrected chi connectivity index (χ0v) is 17.0. The van der Waals surface area contributed by atoms with Crippen LogP contribution in [0.15, 0.2) is 29.5 Å². The van der Waals surface area contributed by atoms with Crippen molar-refractivity contribution in [2.45, 2.75) is 39.0 Å². The number of amides is 1. The first kappa shape index (κ1) is 19.4. The number of rotatable bonds is 4.